The summed E-state index contributed by atoms with van der Waals surface area (Å²) < 4.78 is 19.1. The van der Waals surface area contributed by atoms with E-state index in [2.05, 4.69) is 60.1 Å². The number of para-hydroxylation sites is 3. The summed E-state index contributed by atoms with van der Waals surface area (Å²) >= 11 is 0. The minimum Gasteiger partial charge on any atom is -0.493 e. The number of rotatable bonds is 15. The molecule has 0 atom stereocenters. The van der Waals surface area contributed by atoms with Crippen molar-refractivity contribution in [3.8, 4) is 17.2 Å². The Morgan fingerprint density at radius 3 is 2.48 bits per heavy atom. The number of carbonyl (C=O) groups is 1. The molecular weight excluding hydrogens is 502 g/mol. The number of carbonyl (C=O) groups excluding carboxylic acids is 1. The molecule has 0 radical (unpaired) electrons. The Balaban J connectivity index is 1.25. The van der Waals surface area contributed by atoms with Gasteiger partial charge in [0.2, 0.25) is 5.91 Å². The molecule has 0 unspecified atom stereocenters. The lowest BCUT2D eigenvalue weighted by atomic mass is 10.0. The van der Waals surface area contributed by atoms with Crippen LogP contribution < -0.4 is 19.5 Å². The van der Waals surface area contributed by atoms with Crippen LogP contribution in [0.2, 0.25) is 0 Å². The van der Waals surface area contributed by atoms with E-state index >= 15 is 0 Å². The SMILES string of the molecule is COc1ccc(CC(=O)NCCCCCc2nc3ccccc3n2CCOc2ccccc2C(C)C)cc1OC. The quantitative estimate of drug-likeness (QED) is 0.177. The summed E-state index contributed by atoms with van der Waals surface area (Å²) in [6.07, 6.45) is 4.14. The number of methoxy groups -OCH3 is 2. The fraction of sp³-hybridized carbons (Fsp3) is 0.394. The number of aryl methyl sites for hydroxylation is 1. The van der Waals surface area contributed by atoms with Gasteiger partial charge < -0.3 is 24.1 Å². The molecule has 7 heteroatoms. The number of ether oxygens (including phenoxy) is 3. The monoisotopic (exact) mass is 543 g/mol. The molecule has 0 aliphatic heterocycles. The first-order valence-electron chi connectivity index (χ1n) is 14.1. The van der Waals surface area contributed by atoms with Gasteiger partial charge in [-0.3, -0.25) is 4.79 Å². The van der Waals surface area contributed by atoms with Gasteiger partial charge in [0.05, 0.1) is 38.2 Å². The number of hydrogen-bond acceptors (Lipinski definition) is 5. The lowest BCUT2D eigenvalue weighted by Gasteiger charge is -2.15. The topological polar surface area (TPSA) is 74.6 Å². The van der Waals surface area contributed by atoms with Gasteiger partial charge in [-0.2, -0.15) is 0 Å². The maximum atomic E-state index is 12.4. The Morgan fingerprint density at radius 2 is 1.68 bits per heavy atom. The van der Waals surface area contributed by atoms with Crippen molar-refractivity contribution in [2.75, 3.05) is 27.4 Å². The highest BCUT2D eigenvalue weighted by Gasteiger charge is 2.12. The van der Waals surface area contributed by atoms with Crippen LogP contribution in [0.25, 0.3) is 11.0 Å². The molecule has 0 aliphatic carbocycles. The van der Waals surface area contributed by atoms with E-state index in [1.807, 2.05) is 30.3 Å². The molecule has 1 aromatic heterocycles. The molecule has 0 saturated carbocycles. The third-order valence-corrected chi connectivity index (χ3v) is 7.06. The number of hydrogen-bond donors (Lipinski definition) is 1. The van der Waals surface area contributed by atoms with Crippen molar-refractivity contribution in [2.24, 2.45) is 0 Å². The van der Waals surface area contributed by atoms with Crippen LogP contribution in [0.3, 0.4) is 0 Å². The van der Waals surface area contributed by atoms with Crippen LogP contribution in [0.15, 0.2) is 66.7 Å². The van der Waals surface area contributed by atoms with Gasteiger partial charge in [-0.1, -0.05) is 56.7 Å². The molecule has 0 saturated heterocycles. The number of unbranched alkanes of at least 4 members (excludes halogenated alkanes) is 2. The summed E-state index contributed by atoms with van der Waals surface area (Å²) in [5.74, 6) is 3.75. The summed E-state index contributed by atoms with van der Waals surface area (Å²) in [5.41, 5.74) is 4.28. The fourth-order valence-corrected chi connectivity index (χ4v) is 4.95. The van der Waals surface area contributed by atoms with Gasteiger partial charge in [0.1, 0.15) is 18.2 Å². The van der Waals surface area contributed by atoms with Gasteiger partial charge in [-0.25, -0.2) is 4.98 Å². The minimum absolute atomic E-state index is 0.00746. The van der Waals surface area contributed by atoms with Crippen molar-refractivity contribution in [3.63, 3.8) is 0 Å². The van der Waals surface area contributed by atoms with E-state index in [1.165, 1.54) is 5.56 Å². The molecule has 7 nitrogen and oxygen atoms in total. The second kappa shape index (κ2) is 14.4. The first kappa shape index (κ1) is 29.0. The van der Waals surface area contributed by atoms with Crippen molar-refractivity contribution < 1.29 is 19.0 Å². The van der Waals surface area contributed by atoms with Gasteiger partial charge in [0.15, 0.2) is 11.5 Å². The summed E-state index contributed by atoms with van der Waals surface area (Å²) in [6.45, 7) is 6.37. The lowest BCUT2D eigenvalue weighted by molar-refractivity contribution is -0.120. The maximum Gasteiger partial charge on any atom is 0.224 e. The summed E-state index contributed by atoms with van der Waals surface area (Å²) in [7, 11) is 3.19. The molecule has 0 spiro atoms. The summed E-state index contributed by atoms with van der Waals surface area (Å²) in [5, 5.41) is 3.04. The Kier molecular flexibility index (Phi) is 10.4. The number of nitrogens with zero attached hydrogens (tertiary/aromatic N) is 2. The normalized spacial score (nSPS) is 11.1. The molecule has 1 N–H and O–H groups in total. The molecule has 40 heavy (non-hydrogen) atoms. The van der Waals surface area contributed by atoms with E-state index in [4.69, 9.17) is 19.2 Å². The number of imidazole rings is 1. The molecule has 3 aromatic carbocycles. The van der Waals surface area contributed by atoms with Gasteiger partial charge >= 0.3 is 0 Å². The molecule has 0 bridgehead atoms. The van der Waals surface area contributed by atoms with Crippen LogP contribution in [0, 0.1) is 0 Å². The molecule has 0 fully saturated rings. The van der Waals surface area contributed by atoms with Gasteiger partial charge in [-0.15, -0.1) is 0 Å². The molecule has 0 aliphatic rings. The van der Waals surface area contributed by atoms with E-state index in [1.54, 1.807) is 14.2 Å². The van der Waals surface area contributed by atoms with E-state index in [0.717, 1.165) is 60.4 Å². The zero-order valence-electron chi connectivity index (χ0n) is 24.1. The Hall–Kier alpha value is -4.00. The van der Waals surface area contributed by atoms with Crippen molar-refractivity contribution in [1.82, 2.24) is 14.9 Å². The highest BCUT2D eigenvalue weighted by atomic mass is 16.5. The van der Waals surface area contributed by atoms with Gasteiger partial charge in [0.25, 0.3) is 0 Å². The number of amides is 1. The van der Waals surface area contributed by atoms with Crippen LogP contribution in [0.5, 0.6) is 17.2 Å². The maximum absolute atomic E-state index is 12.4. The lowest BCUT2D eigenvalue weighted by Crippen LogP contribution is -2.26. The minimum atomic E-state index is 0.00746. The highest BCUT2D eigenvalue weighted by Crippen LogP contribution is 2.28. The van der Waals surface area contributed by atoms with Crippen molar-refractivity contribution in [1.29, 1.82) is 0 Å². The van der Waals surface area contributed by atoms with Crippen LogP contribution in [-0.2, 0) is 24.2 Å². The van der Waals surface area contributed by atoms with E-state index in [0.29, 0.717) is 37.0 Å². The molecule has 212 valence electrons. The smallest absolute Gasteiger partial charge is 0.224 e. The standard InChI is InChI=1S/C33H41N3O4/c1-24(2)26-12-7-10-15-29(26)40-21-20-36-28-14-9-8-13-27(28)35-32(36)16-6-5-11-19-34-33(37)23-25-17-18-30(38-3)31(22-25)39-4/h7-10,12-15,17-18,22,24H,5-6,11,16,19-21,23H2,1-4H3,(H,34,37). The molecule has 1 heterocycles. The van der Waals surface area contributed by atoms with E-state index < -0.39 is 0 Å². The summed E-state index contributed by atoms with van der Waals surface area (Å²) in [4.78, 5) is 17.3. The Labute approximate surface area is 237 Å². The van der Waals surface area contributed by atoms with E-state index in [-0.39, 0.29) is 5.91 Å². The first-order chi connectivity index (χ1) is 19.5. The summed E-state index contributed by atoms with van der Waals surface area (Å²) in [6, 6.07) is 22.1. The van der Waals surface area contributed by atoms with Gasteiger partial charge in [-0.05, 0) is 60.2 Å². The molecule has 4 aromatic rings. The highest BCUT2D eigenvalue weighted by molar-refractivity contribution is 5.78. The first-order valence-corrected chi connectivity index (χ1v) is 14.1. The predicted molar refractivity (Wildman–Crippen MR) is 160 cm³/mol. The van der Waals surface area contributed by atoms with Crippen molar-refractivity contribution in [3.05, 3.63) is 83.7 Å². The second-order valence-electron chi connectivity index (χ2n) is 10.2. The predicted octanol–water partition coefficient (Wildman–Crippen LogP) is 6.33. The van der Waals surface area contributed by atoms with Gasteiger partial charge in [0, 0.05) is 13.0 Å². The van der Waals surface area contributed by atoms with Crippen LogP contribution in [0.4, 0.5) is 0 Å². The van der Waals surface area contributed by atoms with Crippen LogP contribution in [-0.4, -0.2) is 42.8 Å². The molecule has 1 amide bonds. The number of fused-ring (bicyclic) bond motifs is 1. The van der Waals surface area contributed by atoms with E-state index in [9.17, 15) is 4.79 Å². The average Bonchev–Trinajstić information content (AvgIpc) is 3.32. The van der Waals surface area contributed by atoms with Crippen molar-refractivity contribution >= 4 is 16.9 Å². The molecule has 4 rings (SSSR count). The molecular formula is C33H41N3O4. The Morgan fingerprint density at radius 1 is 0.900 bits per heavy atom. The second-order valence-corrected chi connectivity index (χ2v) is 10.2. The van der Waals surface area contributed by atoms with Crippen LogP contribution in [0.1, 0.15) is 56.0 Å². The zero-order chi connectivity index (χ0) is 28.3. The zero-order valence-corrected chi connectivity index (χ0v) is 24.1. The number of aromatic nitrogens is 2. The van der Waals surface area contributed by atoms with Crippen molar-refractivity contribution in [2.45, 2.75) is 58.4 Å². The largest absolute Gasteiger partial charge is 0.493 e. The number of benzene rings is 3. The number of nitrogens with one attached hydrogen (secondary N) is 1. The van der Waals surface area contributed by atoms with Crippen LogP contribution >= 0.6 is 0 Å². The third-order valence-electron chi connectivity index (χ3n) is 7.06. The third kappa shape index (κ3) is 7.56. The fourth-order valence-electron chi connectivity index (χ4n) is 4.95. The Bertz CT molecular complexity index is 1400. The average molecular weight is 544 g/mol.